The number of carbonyl (C=O) groups excluding carboxylic acids is 1. The molecule has 1 aliphatic heterocycles. The first kappa shape index (κ1) is 23.3. The number of aromatic nitrogens is 1. The van der Waals surface area contributed by atoms with E-state index in [1.165, 1.54) is 42.7 Å². The number of thiazole rings is 1. The van der Waals surface area contributed by atoms with Gasteiger partial charge in [-0.25, -0.2) is 4.98 Å². The van der Waals surface area contributed by atoms with Gasteiger partial charge in [0.05, 0.1) is 18.3 Å². The van der Waals surface area contributed by atoms with E-state index in [9.17, 15) is 4.79 Å². The Kier molecular flexibility index (Phi) is 7.96. The van der Waals surface area contributed by atoms with Crippen LogP contribution in [0.5, 0.6) is 11.5 Å². The van der Waals surface area contributed by atoms with Crippen LogP contribution in [0.2, 0.25) is 0 Å². The molecular weight excluding hydrogens is 434 g/mol. The third-order valence-corrected chi connectivity index (χ3v) is 6.72. The third-order valence-electron chi connectivity index (χ3n) is 6.09. The number of hydrogen-bond acceptors (Lipinski definition) is 6. The monoisotopic (exact) mass is 465 g/mol. The molecule has 2 heterocycles. The minimum atomic E-state index is -0.148. The fourth-order valence-corrected chi connectivity index (χ4v) is 4.61. The van der Waals surface area contributed by atoms with Crippen LogP contribution in [-0.2, 0) is 19.7 Å². The van der Waals surface area contributed by atoms with Crippen molar-refractivity contribution in [3.05, 3.63) is 75.7 Å². The molecule has 1 fully saturated rings. The van der Waals surface area contributed by atoms with Gasteiger partial charge in [0.2, 0.25) is 0 Å². The molecule has 3 aromatic rings. The van der Waals surface area contributed by atoms with Gasteiger partial charge in [-0.05, 0) is 55.6 Å². The Morgan fingerprint density at radius 3 is 2.70 bits per heavy atom. The van der Waals surface area contributed by atoms with Crippen LogP contribution in [0.1, 0.15) is 53.4 Å². The van der Waals surface area contributed by atoms with Gasteiger partial charge < -0.3 is 14.8 Å². The van der Waals surface area contributed by atoms with Gasteiger partial charge in [0.25, 0.3) is 5.91 Å². The lowest BCUT2D eigenvalue weighted by Crippen LogP contribution is -2.36. The summed E-state index contributed by atoms with van der Waals surface area (Å²) in [6.07, 6.45) is 3.91. The van der Waals surface area contributed by atoms with E-state index in [0.29, 0.717) is 36.3 Å². The topological polar surface area (TPSA) is 63.7 Å². The lowest BCUT2D eigenvalue weighted by Gasteiger charge is -2.33. The van der Waals surface area contributed by atoms with E-state index in [1.54, 1.807) is 30.8 Å². The number of carbonyl (C=O) groups is 1. The lowest BCUT2D eigenvalue weighted by atomic mass is 10.0. The maximum atomic E-state index is 12.7. The van der Waals surface area contributed by atoms with Crippen LogP contribution in [0.4, 0.5) is 0 Å². The number of hydrogen-bond donors (Lipinski definition) is 1. The summed E-state index contributed by atoms with van der Waals surface area (Å²) in [6, 6.07) is 14.4. The van der Waals surface area contributed by atoms with Crippen LogP contribution >= 0.6 is 11.3 Å². The maximum Gasteiger partial charge on any atom is 0.251 e. The fourth-order valence-electron chi connectivity index (χ4n) is 4.06. The van der Waals surface area contributed by atoms with Gasteiger partial charge in [0.1, 0.15) is 6.61 Å². The van der Waals surface area contributed by atoms with Gasteiger partial charge in [0.15, 0.2) is 11.5 Å². The number of amides is 1. The summed E-state index contributed by atoms with van der Waals surface area (Å²) < 4.78 is 11.2. The number of benzene rings is 2. The number of rotatable bonds is 9. The summed E-state index contributed by atoms with van der Waals surface area (Å²) in [7, 11) is 1.57. The average Bonchev–Trinajstić information content (AvgIpc) is 3.37. The predicted molar refractivity (Wildman–Crippen MR) is 131 cm³/mol. The SMILES string of the molecule is COc1cc(C(=O)NCc2ccc(CN3CCCCC3C)cc2)ccc1OCc1cscn1. The highest BCUT2D eigenvalue weighted by atomic mass is 32.1. The minimum absolute atomic E-state index is 0.148. The van der Waals surface area contributed by atoms with Gasteiger partial charge in [-0.3, -0.25) is 9.69 Å². The van der Waals surface area contributed by atoms with Crippen LogP contribution in [0.3, 0.4) is 0 Å². The molecule has 1 atom stereocenters. The van der Waals surface area contributed by atoms with Crippen molar-refractivity contribution < 1.29 is 14.3 Å². The molecule has 2 aromatic carbocycles. The average molecular weight is 466 g/mol. The molecule has 1 aromatic heterocycles. The van der Waals surface area contributed by atoms with Crippen molar-refractivity contribution in [1.82, 2.24) is 15.2 Å². The van der Waals surface area contributed by atoms with Crippen LogP contribution in [0.15, 0.2) is 53.4 Å². The lowest BCUT2D eigenvalue weighted by molar-refractivity contribution is 0.0950. The summed E-state index contributed by atoms with van der Waals surface area (Å²) >= 11 is 1.53. The molecule has 1 saturated heterocycles. The first-order valence-electron chi connectivity index (χ1n) is 11.4. The van der Waals surface area contributed by atoms with E-state index in [0.717, 1.165) is 17.8 Å². The first-order chi connectivity index (χ1) is 16.1. The van der Waals surface area contributed by atoms with Gasteiger partial charge in [-0.2, -0.15) is 0 Å². The maximum absolute atomic E-state index is 12.7. The Morgan fingerprint density at radius 2 is 1.97 bits per heavy atom. The zero-order valence-electron chi connectivity index (χ0n) is 19.3. The minimum Gasteiger partial charge on any atom is -0.493 e. The second-order valence-corrected chi connectivity index (χ2v) is 9.17. The molecule has 0 aliphatic carbocycles. The molecule has 1 unspecified atom stereocenters. The summed E-state index contributed by atoms with van der Waals surface area (Å²) in [5.74, 6) is 0.959. The molecule has 1 N–H and O–H groups in total. The molecule has 0 saturated carbocycles. The number of ether oxygens (including phenoxy) is 2. The molecule has 4 rings (SSSR count). The van der Waals surface area contributed by atoms with E-state index >= 15 is 0 Å². The molecule has 0 spiro atoms. The number of methoxy groups -OCH3 is 1. The highest BCUT2D eigenvalue weighted by Crippen LogP contribution is 2.29. The second-order valence-electron chi connectivity index (χ2n) is 8.45. The summed E-state index contributed by atoms with van der Waals surface area (Å²) in [5.41, 5.74) is 5.56. The van der Waals surface area contributed by atoms with Crippen molar-refractivity contribution in [2.24, 2.45) is 0 Å². The Labute approximate surface area is 199 Å². The first-order valence-corrected chi connectivity index (χ1v) is 12.3. The van der Waals surface area contributed by atoms with Crippen LogP contribution in [-0.4, -0.2) is 35.5 Å². The van der Waals surface area contributed by atoms with Crippen molar-refractivity contribution >= 4 is 17.2 Å². The smallest absolute Gasteiger partial charge is 0.251 e. The van der Waals surface area contributed by atoms with Crippen molar-refractivity contribution in [3.63, 3.8) is 0 Å². The van der Waals surface area contributed by atoms with Crippen LogP contribution < -0.4 is 14.8 Å². The molecular formula is C26H31N3O3S. The zero-order valence-corrected chi connectivity index (χ0v) is 20.1. The molecule has 7 heteroatoms. The molecule has 174 valence electrons. The molecule has 1 amide bonds. The van der Waals surface area contributed by atoms with Crippen molar-refractivity contribution in [2.45, 2.75) is 51.9 Å². The van der Waals surface area contributed by atoms with Gasteiger partial charge in [0, 0.05) is 30.1 Å². The van der Waals surface area contributed by atoms with E-state index in [4.69, 9.17) is 9.47 Å². The highest BCUT2D eigenvalue weighted by Gasteiger charge is 2.18. The zero-order chi connectivity index (χ0) is 23.0. The van der Waals surface area contributed by atoms with E-state index in [2.05, 4.69) is 46.4 Å². The predicted octanol–water partition coefficient (Wildman–Crippen LogP) is 5.04. The Hall–Kier alpha value is -2.90. The van der Waals surface area contributed by atoms with Crippen LogP contribution in [0.25, 0.3) is 0 Å². The largest absolute Gasteiger partial charge is 0.493 e. The van der Waals surface area contributed by atoms with E-state index in [1.807, 2.05) is 5.38 Å². The van der Waals surface area contributed by atoms with Crippen molar-refractivity contribution in [3.8, 4) is 11.5 Å². The molecule has 6 nitrogen and oxygen atoms in total. The standard InChI is InChI=1S/C26H31N3O3S/c1-19-5-3-4-12-29(19)15-21-8-6-20(7-9-21)14-27-26(30)22-10-11-24(25(13-22)31-2)32-16-23-17-33-18-28-23/h6-11,13,17-19H,3-5,12,14-16H2,1-2H3,(H,27,30). The van der Waals surface area contributed by atoms with E-state index in [-0.39, 0.29) is 5.91 Å². The Bertz CT molecular complexity index is 1040. The number of piperidine rings is 1. The fraction of sp³-hybridized carbons (Fsp3) is 0.385. The Balaban J connectivity index is 1.30. The van der Waals surface area contributed by atoms with E-state index < -0.39 is 0 Å². The number of nitrogens with one attached hydrogen (secondary N) is 1. The number of likely N-dealkylation sites (tertiary alicyclic amines) is 1. The summed E-state index contributed by atoms with van der Waals surface area (Å²) in [4.78, 5) is 19.4. The summed E-state index contributed by atoms with van der Waals surface area (Å²) in [6.45, 7) is 5.32. The van der Waals surface area contributed by atoms with Crippen LogP contribution in [0, 0.1) is 0 Å². The van der Waals surface area contributed by atoms with Gasteiger partial charge in [-0.15, -0.1) is 11.3 Å². The Morgan fingerprint density at radius 1 is 1.15 bits per heavy atom. The molecule has 0 bridgehead atoms. The second kappa shape index (κ2) is 11.3. The van der Waals surface area contributed by atoms with Gasteiger partial charge >= 0.3 is 0 Å². The highest BCUT2D eigenvalue weighted by molar-refractivity contribution is 7.07. The normalized spacial score (nSPS) is 16.4. The van der Waals surface area contributed by atoms with Crippen molar-refractivity contribution in [2.75, 3.05) is 13.7 Å². The van der Waals surface area contributed by atoms with Gasteiger partial charge in [-0.1, -0.05) is 30.7 Å². The quantitative estimate of drug-likeness (QED) is 0.480. The number of nitrogens with zero attached hydrogens (tertiary/aromatic N) is 2. The molecule has 33 heavy (non-hydrogen) atoms. The summed E-state index contributed by atoms with van der Waals surface area (Å²) in [5, 5.41) is 4.93. The molecule has 0 radical (unpaired) electrons. The molecule has 1 aliphatic rings. The third kappa shape index (κ3) is 6.33. The van der Waals surface area contributed by atoms with Crippen molar-refractivity contribution in [1.29, 1.82) is 0 Å².